The van der Waals surface area contributed by atoms with Gasteiger partial charge in [0, 0.05) is 23.7 Å². The number of hydrogen-bond acceptors (Lipinski definition) is 3. The van der Waals surface area contributed by atoms with Gasteiger partial charge in [0.15, 0.2) is 0 Å². The Morgan fingerprint density at radius 1 is 1.21 bits per heavy atom. The summed E-state index contributed by atoms with van der Waals surface area (Å²) in [7, 11) is 0. The Morgan fingerprint density at radius 3 is 2.79 bits per heavy atom. The van der Waals surface area contributed by atoms with Crippen molar-refractivity contribution in [3.8, 4) is 0 Å². The van der Waals surface area contributed by atoms with Crippen molar-refractivity contribution >= 4 is 11.0 Å². The number of hydrogen-bond donors (Lipinski definition) is 1. The molecule has 3 heteroatoms. The fourth-order valence-electron chi connectivity index (χ4n) is 2.13. The summed E-state index contributed by atoms with van der Waals surface area (Å²) in [4.78, 5) is 4.38. The van der Waals surface area contributed by atoms with Crippen LogP contribution in [0.2, 0.25) is 0 Å². The van der Waals surface area contributed by atoms with Gasteiger partial charge in [-0.3, -0.25) is 4.98 Å². The largest absolute Gasteiger partial charge is 0.459 e. The van der Waals surface area contributed by atoms with Gasteiger partial charge >= 0.3 is 0 Å². The van der Waals surface area contributed by atoms with Gasteiger partial charge in [-0.1, -0.05) is 24.3 Å². The van der Waals surface area contributed by atoms with Crippen LogP contribution in [0.5, 0.6) is 0 Å². The van der Waals surface area contributed by atoms with Gasteiger partial charge in [-0.15, -0.1) is 0 Å². The lowest BCUT2D eigenvalue weighted by molar-refractivity contribution is 0.491. The van der Waals surface area contributed by atoms with Gasteiger partial charge in [0.05, 0.1) is 6.04 Å². The maximum Gasteiger partial charge on any atom is 0.134 e. The summed E-state index contributed by atoms with van der Waals surface area (Å²) >= 11 is 0. The highest BCUT2D eigenvalue weighted by Crippen LogP contribution is 2.24. The number of nitrogens with two attached hydrogens (primary N) is 1. The average molecular weight is 252 g/mol. The molecule has 1 aromatic carbocycles. The maximum atomic E-state index is 6.20. The average Bonchev–Trinajstić information content (AvgIpc) is 2.85. The predicted octanol–water partition coefficient (Wildman–Crippen LogP) is 3.38. The Labute approximate surface area is 112 Å². The van der Waals surface area contributed by atoms with E-state index >= 15 is 0 Å². The van der Waals surface area contributed by atoms with Gasteiger partial charge in [0.2, 0.25) is 0 Å². The SMILES string of the molecule is Cc1ccc(CC(N)c2cc3ccccc3o2)nc1. The third-order valence-electron chi connectivity index (χ3n) is 3.21. The molecule has 3 rings (SSSR count). The second-order valence-corrected chi connectivity index (χ2v) is 4.82. The smallest absolute Gasteiger partial charge is 0.134 e. The second-order valence-electron chi connectivity index (χ2n) is 4.82. The quantitative estimate of drug-likeness (QED) is 0.777. The van der Waals surface area contributed by atoms with Crippen LogP contribution in [-0.4, -0.2) is 4.98 Å². The number of benzene rings is 1. The lowest BCUT2D eigenvalue weighted by Crippen LogP contribution is -2.13. The number of nitrogens with zero attached hydrogens (tertiary/aromatic N) is 1. The van der Waals surface area contributed by atoms with E-state index in [1.807, 2.05) is 55.6 Å². The molecule has 2 aromatic heterocycles. The van der Waals surface area contributed by atoms with Crippen molar-refractivity contribution in [1.82, 2.24) is 4.98 Å². The first kappa shape index (κ1) is 11.9. The zero-order valence-electron chi connectivity index (χ0n) is 10.8. The summed E-state index contributed by atoms with van der Waals surface area (Å²) < 4.78 is 5.77. The molecule has 19 heavy (non-hydrogen) atoms. The van der Waals surface area contributed by atoms with E-state index < -0.39 is 0 Å². The van der Waals surface area contributed by atoms with Crippen molar-refractivity contribution in [2.75, 3.05) is 0 Å². The number of aromatic nitrogens is 1. The highest BCUT2D eigenvalue weighted by molar-refractivity contribution is 5.77. The molecule has 2 heterocycles. The van der Waals surface area contributed by atoms with Crippen LogP contribution in [0.15, 0.2) is 53.1 Å². The van der Waals surface area contributed by atoms with Crippen molar-refractivity contribution < 1.29 is 4.42 Å². The van der Waals surface area contributed by atoms with Crippen LogP contribution in [0, 0.1) is 6.92 Å². The van der Waals surface area contributed by atoms with Crippen LogP contribution in [0.3, 0.4) is 0 Å². The lowest BCUT2D eigenvalue weighted by atomic mass is 10.1. The summed E-state index contributed by atoms with van der Waals surface area (Å²) in [5.74, 6) is 0.809. The van der Waals surface area contributed by atoms with E-state index in [9.17, 15) is 0 Å². The van der Waals surface area contributed by atoms with Crippen molar-refractivity contribution in [2.45, 2.75) is 19.4 Å². The van der Waals surface area contributed by atoms with Crippen LogP contribution in [0.25, 0.3) is 11.0 Å². The summed E-state index contributed by atoms with van der Waals surface area (Å²) in [5, 5.41) is 1.09. The van der Waals surface area contributed by atoms with E-state index in [1.54, 1.807) is 0 Å². The molecular formula is C16H16N2O. The normalized spacial score (nSPS) is 12.7. The molecule has 0 amide bonds. The fraction of sp³-hybridized carbons (Fsp3) is 0.188. The molecule has 0 saturated heterocycles. The zero-order chi connectivity index (χ0) is 13.2. The third kappa shape index (κ3) is 2.51. The number of rotatable bonds is 3. The highest BCUT2D eigenvalue weighted by Gasteiger charge is 2.13. The molecule has 2 N–H and O–H groups in total. The molecule has 0 saturated carbocycles. The van der Waals surface area contributed by atoms with Gasteiger partial charge in [0.25, 0.3) is 0 Å². The Bertz CT molecular complexity index is 652. The molecule has 0 aliphatic rings. The summed E-state index contributed by atoms with van der Waals surface area (Å²) in [5.41, 5.74) is 9.21. The molecule has 0 aliphatic heterocycles. The van der Waals surface area contributed by atoms with Crippen LogP contribution in [0.1, 0.15) is 23.1 Å². The molecule has 0 spiro atoms. The molecule has 96 valence electrons. The van der Waals surface area contributed by atoms with Gasteiger partial charge in [-0.05, 0) is 30.7 Å². The van der Waals surface area contributed by atoms with E-state index in [-0.39, 0.29) is 6.04 Å². The number of aryl methyl sites for hydroxylation is 1. The Morgan fingerprint density at radius 2 is 2.05 bits per heavy atom. The van der Waals surface area contributed by atoms with E-state index in [4.69, 9.17) is 10.2 Å². The van der Waals surface area contributed by atoms with Gasteiger partial charge in [-0.2, -0.15) is 0 Å². The Balaban J connectivity index is 1.83. The van der Waals surface area contributed by atoms with Crippen LogP contribution < -0.4 is 5.73 Å². The van der Waals surface area contributed by atoms with Crippen molar-refractivity contribution in [2.24, 2.45) is 5.73 Å². The molecule has 0 aliphatic carbocycles. The first-order valence-electron chi connectivity index (χ1n) is 6.38. The molecule has 3 nitrogen and oxygen atoms in total. The molecule has 1 unspecified atom stereocenters. The summed E-state index contributed by atoms with van der Waals surface area (Å²) in [6.07, 6.45) is 2.54. The van der Waals surface area contributed by atoms with Gasteiger partial charge in [0.1, 0.15) is 11.3 Å². The second kappa shape index (κ2) is 4.86. The predicted molar refractivity (Wildman–Crippen MR) is 75.8 cm³/mol. The van der Waals surface area contributed by atoms with Crippen molar-refractivity contribution in [3.63, 3.8) is 0 Å². The minimum Gasteiger partial charge on any atom is -0.459 e. The fourth-order valence-corrected chi connectivity index (χ4v) is 2.13. The minimum atomic E-state index is -0.164. The van der Waals surface area contributed by atoms with E-state index in [0.717, 1.165) is 28.0 Å². The highest BCUT2D eigenvalue weighted by atomic mass is 16.3. The van der Waals surface area contributed by atoms with Crippen LogP contribution in [-0.2, 0) is 6.42 Å². The first-order chi connectivity index (χ1) is 9.22. The van der Waals surface area contributed by atoms with Crippen LogP contribution >= 0.6 is 0 Å². The monoisotopic (exact) mass is 252 g/mol. The summed E-state index contributed by atoms with van der Waals surface area (Å²) in [6, 6.07) is 13.8. The first-order valence-corrected chi connectivity index (χ1v) is 6.38. The van der Waals surface area contributed by atoms with Crippen molar-refractivity contribution in [1.29, 1.82) is 0 Å². The van der Waals surface area contributed by atoms with E-state index in [0.29, 0.717) is 6.42 Å². The number of pyridine rings is 1. The Kier molecular flexibility index (Phi) is 3.05. The van der Waals surface area contributed by atoms with Crippen molar-refractivity contribution in [3.05, 3.63) is 65.7 Å². The number of fused-ring (bicyclic) bond motifs is 1. The maximum absolute atomic E-state index is 6.20. The Hall–Kier alpha value is -2.13. The molecule has 3 aromatic rings. The molecule has 1 atom stereocenters. The topological polar surface area (TPSA) is 52.0 Å². The third-order valence-corrected chi connectivity index (χ3v) is 3.21. The molecule has 0 bridgehead atoms. The number of para-hydroxylation sites is 1. The van der Waals surface area contributed by atoms with Gasteiger partial charge in [-0.25, -0.2) is 0 Å². The van der Waals surface area contributed by atoms with E-state index in [2.05, 4.69) is 4.98 Å². The standard InChI is InChI=1S/C16H16N2O/c1-11-6-7-13(18-10-11)9-14(17)16-8-12-4-2-3-5-15(12)19-16/h2-8,10,14H,9,17H2,1H3. The summed E-state index contributed by atoms with van der Waals surface area (Å²) in [6.45, 7) is 2.02. The van der Waals surface area contributed by atoms with E-state index in [1.165, 1.54) is 0 Å². The number of furan rings is 1. The molecular weight excluding hydrogens is 236 g/mol. The van der Waals surface area contributed by atoms with Crippen LogP contribution in [0.4, 0.5) is 0 Å². The lowest BCUT2D eigenvalue weighted by Gasteiger charge is -2.07. The zero-order valence-corrected chi connectivity index (χ0v) is 10.8. The van der Waals surface area contributed by atoms with Gasteiger partial charge < -0.3 is 10.2 Å². The molecule has 0 radical (unpaired) electrons. The molecule has 0 fully saturated rings. The minimum absolute atomic E-state index is 0.164.